The highest BCUT2D eigenvalue weighted by Gasteiger charge is 2.18. The van der Waals surface area contributed by atoms with Crippen LogP contribution >= 0.6 is 11.6 Å². The van der Waals surface area contributed by atoms with Crippen molar-refractivity contribution in [1.29, 1.82) is 0 Å². The minimum atomic E-state index is -0.221. The Bertz CT molecular complexity index is 341. The zero-order valence-electron chi connectivity index (χ0n) is 9.17. The predicted octanol–water partition coefficient (Wildman–Crippen LogP) is 2.15. The van der Waals surface area contributed by atoms with Crippen molar-refractivity contribution in [2.45, 2.75) is 19.4 Å². The third-order valence-corrected chi connectivity index (χ3v) is 2.11. The molecule has 0 aliphatic heterocycles. The Balaban J connectivity index is 2.80. The monoisotopic (exact) mass is 229 g/mol. The van der Waals surface area contributed by atoms with Crippen LogP contribution in [-0.4, -0.2) is 24.2 Å². The van der Waals surface area contributed by atoms with Gasteiger partial charge in [-0.2, -0.15) is 0 Å². The third-order valence-electron chi connectivity index (χ3n) is 1.82. The molecule has 0 aromatic carbocycles. The third kappa shape index (κ3) is 3.57. The molecule has 0 unspecified atom stereocenters. The van der Waals surface area contributed by atoms with E-state index in [1.807, 2.05) is 13.8 Å². The maximum absolute atomic E-state index is 5.99. The smallest absolute Gasteiger partial charge is 0.145 e. The van der Waals surface area contributed by atoms with E-state index in [1.165, 1.54) is 0 Å². The molecule has 15 heavy (non-hydrogen) atoms. The molecule has 0 amide bonds. The molecule has 1 heterocycles. The number of ether oxygens (including phenoxy) is 1. The van der Waals surface area contributed by atoms with Gasteiger partial charge >= 0.3 is 0 Å². The van der Waals surface area contributed by atoms with Gasteiger partial charge in [0, 0.05) is 7.11 Å². The van der Waals surface area contributed by atoms with E-state index in [1.54, 1.807) is 19.4 Å². The molecule has 0 spiro atoms. The van der Waals surface area contributed by atoms with Gasteiger partial charge in [0.1, 0.15) is 5.82 Å². The number of nitrogen functional groups attached to an aromatic ring is 1. The second-order valence-corrected chi connectivity index (χ2v) is 4.45. The number of pyridine rings is 1. The molecule has 84 valence electrons. The second-order valence-electron chi connectivity index (χ2n) is 4.04. The van der Waals surface area contributed by atoms with Crippen LogP contribution in [0.25, 0.3) is 0 Å². The van der Waals surface area contributed by atoms with Gasteiger partial charge in [0.05, 0.1) is 29.1 Å². The van der Waals surface area contributed by atoms with Gasteiger partial charge in [-0.25, -0.2) is 4.98 Å². The van der Waals surface area contributed by atoms with E-state index in [2.05, 4.69) is 10.3 Å². The van der Waals surface area contributed by atoms with Crippen molar-refractivity contribution in [1.82, 2.24) is 4.98 Å². The van der Waals surface area contributed by atoms with E-state index < -0.39 is 0 Å². The van der Waals surface area contributed by atoms with Gasteiger partial charge in [0.15, 0.2) is 0 Å². The summed E-state index contributed by atoms with van der Waals surface area (Å²) < 4.78 is 5.08. The molecule has 0 atom stereocenters. The van der Waals surface area contributed by atoms with Crippen molar-refractivity contribution in [2.24, 2.45) is 0 Å². The molecular formula is C10H16ClN3O. The maximum Gasteiger partial charge on any atom is 0.145 e. The molecule has 0 saturated carbocycles. The molecule has 1 rings (SSSR count). The van der Waals surface area contributed by atoms with Gasteiger partial charge in [-0.15, -0.1) is 0 Å². The van der Waals surface area contributed by atoms with Crippen LogP contribution in [0.2, 0.25) is 5.02 Å². The molecule has 1 aromatic rings. The highest BCUT2D eigenvalue weighted by atomic mass is 35.5. The minimum Gasteiger partial charge on any atom is -0.397 e. The highest BCUT2D eigenvalue weighted by Crippen LogP contribution is 2.24. The van der Waals surface area contributed by atoms with Gasteiger partial charge in [0.2, 0.25) is 0 Å². The van der Waals surface area contributed by atoms with Gasteiger partial charge in [-0.1, -0.05) is 11.6 Å². The Morgan fingerprint density at radius 3 is 2.80 bits per heavy atom. The van der Waals surface area contributed by atoms with Crippen LogP contribution in [-0.2, 0) is 4.74 Å². The van der Waals surface area contributed by atoms with Gasteiger partial charge < -0.3 is 15.8 Å². The summed E-state index contributed by atoms with van der Waals surface area (Å²) in [5.41, 5.74) is 5.88. The normalized spacial score (nSPS) is 11.5. The fourth-order valence-corrected chi connectivity index (χ4v) is 1.48. The largest absolute Gasteiger partial charge is 0.397 e. The summed E-state index contributed by atoms with van der Waals surface area (Å²) in [7, 11) is 1.65. The Labute approximate surface area is 94.8 Å². The van der Waals surface area contributed by atoms with Crippen LogP contribution in [0.5, 0.6) is 0 Å². The van der Waals surface area contributed by atoms with Gasteiger partial charge in [-0.3, -0.25) is 0 Å². The number of nitrogens with one attached hydrogen (secondary N) is 1. The van der Waals surface area contributed by atoms with Gasteiger partial charge in [0.25, 0.3) is 0 Å². The quantitative estimate of drug-likeness (QED) is 0.831. The first-order valence-corrected chi connectivity index (χ1v) is 5.00. The Hall–Kier alpha value is -1.00. The SMILES string of the molecule is COCC(C)(C)Nc1ncc(N)cc1Cl. The van der Waals surface area contributed by atoms with E-state index in [9.17, 15) is 0 Å². The number of nitrogens with zero attached hydrogens (tertiary/aromatic N) is 1. The lowest BCUT2D eigenvalue weighted by Crippen LogP contribution is -2.36. The fourth-order valence-electron chi connectivity index (χ4n) is 1.26. The van der Waals surface area contributed by atoms with E-state index >= 15 is 0 Å². The van der Waals surface area contributed by atoms with Crippen molar-refractivity contribution >= 4 is 23.1 Å². The van der Waals surface area contributed by atoms with Crippen LogP contribution in [0.1, 0.15) is 13.8 Å². The summed E-state index contributed by atoms with van der Waals surface area (Å²) in [6.45, 7) is 4.57. The molecule has 5 heteroatoms. The number of methoxy groups -OCH3 is 1. The first kappa shape index (κ1) is 12.1. The number of halogens is 1. The zero-order valence-corrected chi connectivity index (χ0v) is 9.93. The maximum atomic E-state index is 5.99. The van der Waals surface area contributed by atoms with Crippen molar-refractivity contribution in [3.05, 3.63) is 17.3 Å². The van der Waals surface area contributed by atoms with Crippen LogP contribution in [0, 0.1) is 0 Å². The number of hydrogen-bond donors (Lipinski definition) is 2. The molecule has 1 aromatic heterocycles. The Morgan fingerprint density at radius 1 is 1.60 bits per heavy atom. The van der Waals surface area contributed by atoms with Crippen LogP contribution in [0.3, 0.4) is 0 Å². The summed E-state index contributed by atoms with van der Waals surface area (Å²) in [5.74, 6) is 0.618. The van der Waals surface area contributed by atoms with Crippen LogP contribution in [0.15, 0.2) is 12.3 Å². The Kier molecular flexibility index (Phi) is 3.77. The van der Waals surface area contributed by atoms with E-state index in [4.69, 9.17) is 22.1 Å². The summed E-state index contributed by atoms with van der Waals surface area (Å²) in [5, 5.41) is 3.70. The number of rotatable bonds is 4. The molecule has 0 saturated heterocycles. The van der Waals surface area contributed by atoms with Crippen LogP contribution < -0.4 is 11.1 Å². The number of nitrogens with two attached hydrogens (primary N) is 1. The van der Waals surface area contributed by atoms with Crippen molar-refractivity contribution in [2.75, 3.05) is 24.8 Å². The second kappa shape index (κ2) is 4.68. The lowest BCUT2D eigenvalue weighted by molar-refractivity contribution is 0.158. The highest BCUT2D eigenvalue weighted by molar-refractivity contribution is 6.33. The van der Waals surface area contributed by atoms with E-state index in [0.29, 0.717) is 23.1 Å². The molecule has 0 aliphatic rings. The number of hydrogen-bond acceptors (Lipinski definition) is 4. The molecule has 4 nitrogen and oxygen atoms in total. The topological polar surface area (TPSA) is 60.2 Å². The minimum absolute atomic E-state index is 0.221. The molecule has 0 radical (unpaired) electrons. The van der Waals surface area contributed by atoms with Crippen LogP contribution in [0.4, 0.5) is 11.5 Å². The average Bonchev–Trinajstić information content (AvgIpc) is 2.09. The number of aromatic nitrogens is 1. The van der Waals surface area contributed by atoms with Gasteiger partial charge in [-0.05, 0) is 19.9 Å². The van der Waals surface area contributed by atoms with E-state index in [0.717, 1.165) is 0 Å². The average molecular weight is 230 g/mol. The lowest BCUT2D eigenvalue weighted by atomic mass is 10.1. The molecule has 0 bridgehead atoms. The molecule has 3 N–H and O–H groups in total. The summed E-state index contributed by atoms with van der Waals surface area (Å²) >= 11 is 5.99. The summed E-state index contributed by atoms with van der Waals surface area (Å²) in [4.78, 5) is 4.12. The molecule has 0 aliphatic carbocycles. The van der Waals surface area contributed by atoms with Crippen molar-refractivity contribution in [3.63, 3.8) is 0 Å². The predicted molar refractivity (Wildman–Crippen MR) is 63.2 cm³/mol. The lowest BCUT2D eigenvalue weighted by Gasteiger charge is -2.26. The standard InChI is InChI=1S/C10H16ClN3O/c1-10(2,6-15-3)14-9-8(11)4-7(12)5-13-9/h4-5H,6,12H2,1-3H3,(H,13,14). The molecule has 0 fully saturated rings. The van der Waals surface area contributed by atoms with Crippen molar-refractivity contribution < 1.29 is 4.74 Å². The first-order chi connectivity index (χ1) is 6.94. The molecular weight excluding hydrogens is 214 g/mol. The zero-order chi connectivity index (χ0) is 11.5. The fraction of sp³-hybridized carbons (Fsp3) is 0.500. The summed E-state index contributed by atoms with van der Waals surface area (Å²) in [6, 6.07) is 1.67. The van der Waals surface area contributed by atoms with Crippen molar-refractivity contribution in [3.8, 4) is 0 Å². The summed E-state index contributed by atoms with van der Waals surface area (Å²) in [6.07, 6.45) is 1.57. The Morgan fingerprint density at radius 2 is 2.27 bits per heavy atom. The van der Waals surface area contributed by atoms with E-state index in [-0.39, 0.29) is 5.54 Å². The first-order valence-electron chi connectivity index (χ1n) is 4.63. The number of anilines is 2.